The Morgan fingerprint density at radius 1 is 1.11 bits per heavy atom. The topological polar surface area (TPSA) is 99.8 Å². The van der Waals surface area contributed by atoms with Gasteiger partial charge in [-0.05, 0) is 61.6 Å². The number of hydrogen-bond donors (Lipinski definition) is 3. The summed E-state index contributed by atoms with van der Waals surface area (Å²) in [6.45, 7) is 1.18. The molecule has 8 nitrogen and oxygen atoms in total. The Hall–Kier alpha value is -1.91. The van der Waals surface area contributed by atoms with E-state index in [0.29, 0.717) is 37.2 Å². The number of hydrogen-bond acceptors (Lipinski definition) is 7. The Labute approximate surface area is 228 Å². The molecule has 37 heavy (non-hydrogen) atoms. The molecular formula is C27H40N4O4S2. The molecule has 1 aliphatic carbocycles. The Morgan fingerprint density at radius 2 is 1.84 bits per heavy atom. The number of nitrogens with zero attached hydrogens (tertiary/aromatic N) is 1. The number of piperidine rings is 1. The van der Waals surface area contributed by atoms with Gasteiger partial charge in [0.2, 0.25) is 11.8 Å². The number of nitrogens with one attached hydrogen (secondary N) is 3. The molecule has 0 radical (unpaired) electrons. The second kappa shape index (κ2) is 14.3. The Morgan fingerprint density at radius 3 is 2.49 bits per heavy atom. The maximum Gasteiger partial charge on any atom is 0.253 e. The third-order valence-corrected chi connectivity index (χ3v) is 9.71. The van der Waals surface area contributed by atoms with Crippen molar-refractivity contribution < 1.29 is 19.1 Å². The van der Waals surface area contributed by atoms with E-state index in [-0.39, 0.29) is 29.8 Å². The summed E-state index contributed by atoms with van der Waals surface area (Å²) in [7, 11) is 1.60. The Bertz CT molecular complexity index is 896. The van der Waals surface area contributed by atoms with Crippen LogP contribution < -0.4 is 20.7 Å². The van der Waals surface area contributed by atoms with Crippen LogP contribution >= 0.6 is 23.5 Å². The lowest BCUT2D eigenvalue weighted by molar-refractivity contribution is -0.129. The zero-order valence-corrected chi connectivity index (χ0v) is 23.3. The molecular weight excluding hydrogens is 508 g/mol. The van der Waals surface area contributed by atoms with Gasteiger partial charge in [-0.2, -0.15) is 11.8 Å². The fourth-order valence-corrected chi connectivity index (χ4v) is 7.39. The van der Waals surface area contributed by atoms with Gasteiger partial charge in [0, 0.05) is 42.1 Å². The highest BCUT2D eigenvalue weighted by Crippen LogP contribution is 2.27. The highest BCUT2D eigenvalue weighted by atomic mass is 32.2. The van der Waals surface area contributed by atoms with Gasteiger partial charge in [-0.25, -0.2) is 0 Å². The van der Waals surface area contributed by atoms with Gasteiger partial charge in [0.25, 0.3) is 5.91 Å². The molecule has 2 saturated heterocycles. The van der Waals surface area contributed by atoms with Crippen LogP contribution in [0.5, 0.6) is 5.75 Å². The van der Waals surface area contributed by atoms with Crippen LogP contribution in [0.15, 0.2) is 24.3 Å². The smallest absolute Gasteiger partial charge is 0.253 e. The number of ether oxygens (including phenoxy) is 1. The number of carbonyl (C=O) groups is 3. The van der Waals surface area contributed by atoms with Gasteiger partial charge in [0.1, 0.15) is 11.8 Å². The molecule has 1 saturated carbocycles. The number of benzene rings is 1. The van der Waals surface area contributed by atoms with Crippen molar-refractivity contribution >= 4 is 41.2 Å². The molecule has 10 heteroatoms. The van der Waals surface area contributed by atoms with Crippen LogP contribution in [0, 0.1) is 5.92 Å². The maximum absolute atomic E-state index is 13.3. The van der Waals surface area contributed by atoms with Gasteiger partial charge in [0.05, 0.1) is 13.2 Å². The average molecular weight is 549 g/mol. The summed E-state index contributed by atoms with van der Waals surface area (Å²) < 4.78 is 5.18. The first-order valence-electron chi connectivity index (χ1n) is 13.5. The first kappa shape index (κ1) is 28.1. The first-order valence-corrected chi connectivity index (χ1v) is 15.8. The molecule has 0 spiro atoms. The largest absolute Gasteiger partial charge is 0.497 e. The van der Waals surface area contributed by atoms with E-state index in [0.717, 1.165) is 29.0 Å². The zero-order valence-electron chi connectivity index (χ0n) is 21.7. The number of thioether (sulfide) groups is 2. The molecule has 1 aromatic carbocycles. The molecule has 204 valence electrons. The van der Waals surface area contributed by atoms with Crippen molar-refractivity contribution in [2.75, 3.05) is 43.3 Å². The van der Waals surface area contributed by atoms with E-state index in [4.69, 9.17) is 4.74 Å². The molecule has 0 aromatic heterocycles. The van der Waals surface area contributed by atoms with Crippen molar-refractivity contribution in [2.45, 2.75) is 63.1 Å². The van der Waals surface area contributed by atoms with E-state index in [1.54, 1.807) is 54.9 Å². The Balaban J connectivity index is 1.27. The molecule has 2 atom stereocenters. The van der Waals surface area contributed by atoms with Crippen LogP contribution in [-0.2, 0) is 9.59 Å². The summed E-state index contributed by atoms with van der Waals surface area (Å²) in [6, 6.07) is 6.36. The highest BCUT2D eigenvalue weighted by Gasteiger charge is 2.30. The molecule has 4 rings (SSSR count). The van der Waals surface area contributed by atoms with E-state index in [1.807, 2.05) is 4.90 Å². The van der Waals surface area contributed by atoms with Crippen molar-refractivity contribution in [1.82, 2.24) is 20.9 Å². The molecule has 0 unspecified atom stereocenters. The molecule has 3 N–H and O–H groups in total. The zero-order chi connectivity index (χ0) is 26.0. The van der Waals surface area contributed by atoms with Crippen LogP contribution in [-0.4, -0.2) is 84.1 Å². The number of methoxy groups -OCH3 is 1. The van der Waals surface area contributed by atoms with Crippen molar-refractivity contribution in [1.29, 1.82) is 0 Å². The average Bonchev–Trinajstić information content (AvgIpc) is 3.48. The molecule has 2 aliphatic heterocycles. The van der Waals surface area contributed by atoms with E-state index >= 15 is 0 Å². The number of amides is 3. The number of rotatable bonds is 10. The van der Waals surface area contributed by atoms with Gasteiger partial charge in [-0.15, -0.1) is 11.8 Å². The molecule has 3 aliphatic rings. The lowest BCUT2D eigenvalue weighted by atomic mass is 9.91. The molecule has 3 fully saturated rings. The minimum absolute atomic E-state index is 0.00128. The third-order valence-electron chi connectivity index (χ3n) is 7.49. The fourth-order valence-electron chi connectivity index (χ4n) is 5.17. The highest BCUT2D eigenvalue weighted by molar-refractivity contribution is 7.99. The van der Waals surface area contributed by atoms with Crippen LogP contribution in [0.4, 0.5) is 0 Å². The summed E-state index contributed by atoms with van der Waals surface area (Å²) in [5, 5.41) is 9.39. The minimum atomic E-state index is -0.549. The van der Waals surface area contributed by atoms with E-state index < -0.39 is 6.04 Å². The summed E-state index contributed by atoms with van der Waals surface area (Å²) >= 11 is 3.48. The summed E-state index contributed by atoms with van der Waals surface area (Å²) in [6.07, 6.45) is 7.88. The molecule has 0 bridgehead atoms. The Kier molecular flexibility index (Phi) is 10.9. The van der Waals surface area contributed by atoms with Gasteiger partial charge in [-0.3, -0.25) is 19.7 Å². The van der Waals surface area contributed by atoms with E-state index in [2.05, 4.69) is 16.0 Å². The maximum atomic E-state index is 13.3. The lowest BCUT2D eigenvalue weighted by Gasteiger charge is -2.33. The van der Waals surface area contributed by atoms with Crippen molar-refractivity contribution in [3.8, 4) is 5.75 Å². The molecule has 3 amide bonds. The SMILES string of the molecule is COc1ccc(C(=O)N2CCC(NC(=O)[C@H](CSCC3CCCCC3)NC(=O)[C@@H]3CSCN3)CC2)cc1. The van der Waals surface area contributed by atoms with E-state index in [1.165, 1.54) is 32.1 Å². The van der Waals surface area contributed by atoms with Gasteiger partial charge >= 0.3 is 0 Å². The fraction of sp³-hybridized carbons (Fsp3) is 0.667. The van der Waals surface area contributed by atoms with E-state index in [9.17, 15) is 14.4 Å². The molecule has 2 heterocycles. The third kappa shape index (κ3) is 8.29. The quantitative estimate of drug-likeness (QED) is 0.414. The lowest BCUT2D eigenvalue weighted by Crippen LogP contribution is -2.56. The number of likely N-dealkylation sites (tertiary alicyclic amines) is 1. The predicted molar refractivity (Wildman–Crippen MR) is 150 cm³/mol. The van der Waals surface area contributed by atoms with Crippen molar-refractivity contribution in [2.24, 2.45) is 5.92 Å². The van der Waals surface area contributed by atoms with Crippen LogP contribution in [0.2, 0.25) is 0 Å². The monoisotopic (exact) mass is 548 g/mol. The molecule has 1 aromatic rings. The summed E-state index contributed by atoms with van der Waals surface area (Å²) in [5.41, 5.74) is 0.639. The minimum Gasteiger partial charge on any atom is -0.497 e. The second-order valence-electron chi connectivity index (χ2n) is 10.2. The van der Waals surface area contributed by atoms with Crippen molar-refractivity contribution in [3.63, 3.8) is 0 Å². The van der Waals surface area contributed by atoms with Crippen molar-refractivity contribution in [3.05, 3.63) is 29.8 Å². The predicted octanol–water partition coefficient (Wildman–Crippen LogP) is 2.88. The van der Waals surface area contributed by atoms with Crippen LogP contribution in [0.3, 0.4) is 0 Å². The van der Waals surface area contributed by atoms with Gasteiger partial charge < -0.3 is 20.3 Å². The van der Waals surface area contributed by atoms with Gasteiger partial charge in [-0.1, -0.05) is 19.3 Å². The first-order chi connectivity index (χ1) is 18.0. The van der Waals surface area contributed by atoms with Crippen LogP contribution in [0.25, 0.3) is 0 Å². The normalized spacial score (nSPS) is 21.9. The second-order valence-corrected chi connectivity index (χ2v) is 12.3. The van der Waals surface area contributed by atoms with Crippen LogP contribution in [0.1, 0.15) is 55.3 Å². The summed E-state index contributed by atoms with van der Waals surface area (Å²) in [5.74, 6) is 4.36. The number of carbonyl (C=O) groups excluding carboxylic acids is 3. The van der Waals surface area contributed by atoms with Gasteiger partial charge in [0.15, 0.2) is 0 Å². The standard InChI is InChI=1S/C27H40N4O4S2/c1-35-22-9-7-20(8-10-22)27(34)31-13-11-21(12-14-31)29-26(33)24(30-25(32)23-16-37-18-28-23)17-36-15-19-5-3-2-4-6-19/h7-10,19,21,23-24,28H,2-6,11-18H2,1H3,(H,29,33)(H,30,32)/t23-,24-/m0/s1. The summed E-state index contributed by atoms with van der Waals surface area (Å²) in [4.78, 5) is 40.8.